The molecular formula is C29H36O6. The van der Waals surface area contributed by atoms with Gasteiger partial charge in [-0.15, -0.1) is 0 Å². The molecule has 0 saturated heterocycles. The highest BCUT2D eigenvalue weighted by Gasteiger charge is 2.21. The number of rotatable bonds is 10. The molecule has 2 rings (SSSR count). The molecule has 6 nitrogen and oxygen atoms in total. The van der Waals surface area contributed by atoms with E-state index in [9.17, 15) is 14.7 Å². The van der Waals surface area contributed by atoms with E-state index in [1.165, 1.54) is 0 Å². The molecule has 0 aliphatic carbocycles. The summed E-state index contributed by atoms with van der Waals surface area (Å²) in [7, 11) is 0. The number of ether oxygens (including phenoxy) is 3. The maximum absolute atomic E-state index is 11.7. The van der Waals surface area contributed by atoms with E-state index in [0.29, 0.717) is 0 Å². The van der Waals surface area contributed by atoms with Crippen molar-refractivity contribution < 1.29 is 28.9 Å². The molecule has 0 radical (unpaired) electrons. The number of aliphatic hydroxyl groups excluding tert-OH is 1. The summed E-state index contributed by atoms with van der Waals surface area (Å²) in [5, 5.41) is 9.74. The highest BCUT2D eigenvalue weighted by atomic mass is 16.7. The van der Waals surface area contributed by atoms with Crippen molar-refractivity contribution in [1.29, 1.82) is 0 Å². The standard InChI is InChI=1S/C16H14O.C13H22O5/c17-16(13-15-9-5-2-6-10-15)12-11-14-7-3-1-4-8-14;1-6-8-9(3)17-12(14)10(4)11(5)18-13(15)16-7-2/h1-13,17H;9,11H,4,6-8H2,1-3,5H3. The van der Waals surface area contributed by atoms with Gasteiger partial charge in [0.25, 0.3) is 0 Å². The number of carbonyl (C=O) groups is 2. The smallest absolute Gasteiger partial charge is 0.508 e. The van der Waals surface area contributed by atoms with Crippen molar-refractivity contribution >= 4 is 24.3 Å². The van der Waals surface area contributed by atoms with Crippen LogP contribution in [0, 0.1) is 0 Å². The molecule has 2 atom stereocenters. The van der Waals surface area contributed by atoms with E-state index < -0.39 is 18.2 Å². The summed E-state index contributed by atoms with van der Waals surface area (Å²) in [4.78, 5) is 22.7. The first-order valence-corrected chi connectivity index (χ1v) is 11.7. The van der Waals surface area contributed by atoms with Crippen LogP contribution in [-0.2, 0) is 19.0 Å². The van der Waals surface area contributed by atoms with E-state index in [1.807, 2.05) is 80.6 Å². The van der Waals surface area contributed by atoms with Gasteiger partial charge in [0.1, 0.15) is 11.9 Å². The molecule has 0 saturated carbocycles. The maximum Gasteiger partial charge on any atom is 0.508 e. The summed E-state index contributed by atoms with van der Waals surface area (Å²) in [5.74, 6) is -0.298. The van der Waals surface area contributed by atoms with Crippen molar-refractivity contribution in [1.82, 2.24) is 0 Å². The first-order valence-electron chi connectivity index (χ1n) is 11.7. The number of allylic oxidation sites excluding steroid dienone is 1. The SMILES string of the molecule is C=C(C(=O)OC(C)CCC)C(C)OC(=O)OCC.OC(C=Cc1ccccc1)=Cc1ccccc1. The summed E-state index contributed by atoms with van der Waals surface area (Å²) < 4.78 is 14.6. The average molecular weight is 481 g/mol. The fraction of sp³-hybridized carbons (Fsp3) is 0.310. The highest BCUT2D eigenvalue weighted by molar-refractivity contribution is 5.89. The number of carbonyl (C=O) groups excluding carboxylic acids is 2. The minimum absolute atomic E-state index is 0.103. The monoisotopic (exact) mass is 480 g/mol. The van der Waals surface area contributed by atoms with Gasteiger partial charge in [-0.05, 0) is 50.5 Å². The Labute approximate surface area is 208 Å². The Morgan fingerprint density at radius 3 is 2.06 bits per heavy atom. The van der Waals surface area contributed by atoms with Crippen molar-refractivity contribution in [2.45, 2.75) is 52.7 Å². The molecule has 0 bridgehead atoms. The maximum atomic E-state index is 11.7. The second-order valence-corrected chi connectivity index (χ2v) is 7.70. The van der Waals surface area contributed by atoms with E-state index >= 15 is 0 Å². The number of hydrogen-bond donors (Lipinski definition) is 1. The second kappa shape index (κ2) is 16.8. The molecule has 0 fully saturated rings. The Bertz CT molecular complexity index is 963. The van der Waals surface area contributed by atoms with Gasteiger partial charge in [0.2, 0.25) is 0 Å². The van der Waals surface area contributed by atoms with Crippen LogP contribution in [-0.4, -0.2) is 36.0 Å². The lowest BCUT2D eigenvalue weighted by Gasteiger charge is -2.17. The van der Waals surface area contributed by atoms with Crippen molar-refractivity contribution in [2.24, 2.45) is 0 Å². The molecule has 0 aliphatic rings. The van der Waals surface area contributed by atoms with Gasteiger partial charge >= 0.3 is 12.1 Å². The zero-order valence-corrected chi connectivity index (χ0v) is 21.0. The topological polar surface area (TPSA) is 82.1 Å². The summed E-state index contributed by atoms with van der Waals surface area (Å²) in [5.41, 5.74) is 2.16. The lowest BCUT2D eigenvalue weighted by Crippen LogP contribution is -2.25. The van der Waals surface area contributed by atoms with E-state index in [4.69, 9.17) is 9.47 Å². The fourth-order valence-corrected chi connectivity index (χ4v) is 2.77. The quantitative estimate of drug-likeness (QED) is 0.168. The Kier molecular flexibility index (Phi) is 14.0. The average Bonchev–Trinajstić information content (AvgIpc) is 2.84. The third-order valence-corrected chi connectivity index (χ3v) is 4.65. The largest absolute Gasteiger partial charge is 0.508 e. The molecule has 35 heavy (non-hydrogen) atoms. The highest BCUT2D eigenvalue weighted by Crippen LogP contribution is 2.11. The Morgan fingerprint density at radius 1 is 0.943 bits per heavy atom. The van der Waals surface area contributed by atoms with Gasteiger partial charge in [-0.2, -0.15) is 0 Å². The van der Waals surface area contributed by atoms with Gasteiger partial charge in [-0.3, -0.25) is 0 Å². The van der Waals surface area contributed by atoms with Crippen LogP contribution in [0.5, 0.6) is 0 Å². The van der Waals surface area contributed by atoms with Crippen molar-refractivity contribution in [2.75, 3.05) is 6.61 Å². The van der Waals surface area contributed by atoms with Gasteiger partial charge in [0.15, 0.2) is 0 Å². The van der Waals surface area contributed by atoms with Crippen LogP contribution in [0.15, 0.2) is 84.7 Å². The van der Waals surface area contributed by atoms with Crippen LogP contribution in [0.3, 0.4) is 0 Å². The lowest BCUT2D eigenvalue weighted by atomic mass is 10.1. The van der Waals surface area contributed by atoms with Crippen LogP contribution in [0.25, 0.3) is 12.2 Å². The van der Waals surface area contributed by atoms with Gasteiger partial charge < -0.3 is 19.3 Å². The molecule has 1 N–H and O–H groups in total. The molecule has 0 heterocycles. The second-order valence-electron chi connectivity index (χ2n) is 7.70. The third kappa shape index (κ3) is 12.9. The first kappa shape index (κ1) is 29.2. The van der Waals surface area contributed by atoms with Crippen LogP contribution in [0.4, 0.5) is 4.79 Å². The first-order chi connectivity index (χ1) is 16.8. The molecule has 0 spiro atoms. The van der Waals surface area contributed by atoms with E-state index in [-0.39, 0.29) is 24.0 Å². The molecular weight excluding hydrogens is 444 g/mol. The number of aliphatic hydroxyl groups is 1. The van der Waals surface area contributed by atoms with E-state index in [1.54, 1.807) is 26.0 Å². The summed E-state index contributed by atoms with van der Waals surface area (Å²) in [6, 6.07) is 19.6. The zero-order chi connectivity index (χ0) is 26.1. The van der Waals surface area contributed by atoms with Crippen LogP contribution < -0.4 is 0 Å². The van der Waals surface area contributed by atoms with Crippen LogP contribution in [0.1, 0.15) is 51.7 Å². The third-order valence-electron chi connectivity index (χ3n) is 4.65. The molecule has 188 valence electrons. The number of hydrogen-bond acceptors (Lipinski definition) is 6. The van der Waals surface area contributed by atoms with Crippen molar-refractivity contribution in [3.8, 4) is 0 Å². The lowest BCUT2D eigenvalue weighted by molar-refractivity contribution is -0.144. The summed E-state index contributed by atoms with van der Waals surface area (Å²) >= 11 is 0. The van der Waals surface area contributed by atoms with Crippen molar-refractivity contribution in [3.05, 3.63) is 95.8 Å². The Balaban J connectivity index is 0.000000350. The van der Waals surface area contributed by atoms with Crippen LogP contribution in [0.2, 0.25) is 0 Å². The molecule has 2 aromatic carbocycles. The minimum atomic E-state index is -0.819. The van der Waals surface area contributed by atoms with Gasteiger partial charge in [0.05, 0.1) is 18.3 Å². The zero-order valence-electron chi connectivity index (χ0n) is 21.0. The Hall–Kier alpha value is -3.80. The van der Waals surface area contributed by atoms with Crippen molar-refractivity contribution in [3.63, 3.8) is 0 Å². The molecule has 0 aromatic heterocycles. The summed E-state index contributed by atoms with van der Waals surface area (Å²) in [6.45, 7) is 10.8. The predicted octanol–water partition coefficient (Wildman–Crippen LogP) is 7.13. The number of benzene rings is 2. The molecule has 0 amide bonds. The fourth-order valence-electron chi connectivity index (χ4n) is 2.77. The summed E-state index contributed by atoms with van der Waals surface area (Å²) in [6.07, 6.45) is 5.28. The van der Waals surface area contributed by atoms with Gasteiger partial charge in [-0.1, -0.05) is 86.7 Å². The number of esters is 1. The van der Waals surface area contributed by atoms with Gasteiger partial charge in [-0.25, -0.2) is 9.59 Å². The molecule has 6 heteroatoms. The van der Waals surface area contributed by atoms with E-state index in [2.05, 4.69) is 11.3 Å². The molecule has 2 aromatic rings. The normalized spacial score (nSPS) is 12.6. The Morgan fingerprint density at radius 2 is 1.51 bits per heavy atom. The molecule has 2 unspecified atom stereocenters. The molecule has 0 aliphatic heterocycles. The van der Waals surface area contributed by atoms with E-state index in [0.717, 1.165) is 24.0 Å². The predicted molar refractivity (Wildman–Crippen MR) is 140 cm³/mol. The van der Waals surface area contributed by atoms with Gasteiger partial charge in [0, 0.05) is 0 Å². The van der Waals surface area contributed by atoms with Crippen LogP contribution >= 0.6 is 0 Å². The minimum Gasteiger partial charge on any atom is -0.508 e.